The Bertz CT molecular complexity index is 1060. The molecule has 1 saturated carbocycles. The highest BCUT2D eigenvalue weighted by Gasteiger charge is 2.51. The number of nitrogens with zero attached hydrogens (tertiary/aromatic N) is 3. The van der Waals surface area contributed by atoms with Crippen molar-refractivity contribution in [1.29, 1.82) is 0 Å². The lowest BCUT2D eigenvalue weighted by atomic mass is 9.61. The minimum absolute atomic E-state index is 0. The summed E-state index contributed by atoms with van der Waals surface area (Å²) in [6.07, 6.45) is 7.54. The van der Waals surface area contributed by atoms with Crippen molar-refractivity contribution < 1.29 is 17.1 Å². The average Bonchev–Trinajstić information content (AvgIpc) is 2.65. The smallest absolute Gasteiger partial charge is 0.300 e. The van der Waals surface area contributed by atoms with Crippen LogP contribution < -0.4 is 14.8 Å². The zero-order valence-corrected chi connectivity index (χ0v) is 18.2. The summed E-state index contributed by atoms with van der Waals surface area (Å²) in [4.78, 5) is 10.5. The molecule has 4 rings (SSSR count). The number of rotatable bonds is 7. The van der Waals surface area contributed by atoms with E-state index in [1.165, 1.54) is 26.3 Å². The summed E-state index contributed by atoms with van der Waals surface area (Å²) in [5, 5.41) is 3.59. The predicted octanol–water partition coefficient (Wildman–Crippen LogP) is 2.64. The Labute approximate surface area is 180 Å². The maximum atomic E-state index is 14.8. The highest BCUT2D eigenvalue weighted by Crippen LogP contribution is 2.48. The van der Waals surface area contributed by atoms with Crippen molar-refractivity contribution >= 4 is 21.7 Å². The summed E-state index contributed by atoms with van der Waals surface area (Å²) in [6, 6.07) is 1.99. The Kier molecular flexibility index (Phi) is 5.41. The first-order valence-corrected chi connectivity index (χ1v) is 11.4. The van der Waals surface area contributed by atoms with Gasteiger partial charge in [-0.3, -0.25) is 9.71 Å². The summed E-state index contributed by atoms with van der Waals surface area (Å²) in [6.45, 7) is 4.33. The zero-order chi connectivity index (χ0) is 21.5. The van der Waals surface area contributed by atoms with Crippen LogP contribution in [0.1, 0.15) is 33.8 Å². The molecule has 0 bridgehead atoms. The lowest BCUT2D eigenvalue weighted by molar-refractivity contribution is -0.0513. The maximum absolute atomic E-state index is 14.8. The fourth-order valence-electron chi connectivity index (χ4n) is 4.63. The van der Waals surface area contributed by atoms with E-state index in [9.17, 15) is 12.8 Å². The molecule has 0 radical (unpaired) electrons. The second kappa shape index (κ2) is 7.75. The van der Waals surface area contributed by atoms with Crippen LogP contribution in [-0.4, -0.2) is 56.5 Å². The lowest BCUT2D eigenvalue weighted by Gasteiger charge is -2.58. The molecule has 1 saturated heterocycles. The summed E-state index contributed by atoms with van der Waals surface area (Å²) in [7, 11) is -0.457. The van der Waals surface area contributed by atoms with Crippen LogP contribution >= 0.6 is 0 Å². The number of pyridine rings is 2. The van der Waals surface area contributed by atoms with E-state index in [-0.39, 0.29) is 16.5 Å². The Balaban J connectivity index is 0.00000181. The summed E-state index contributed by atoms with van der Waals surface area (Å²) >= 11 is 0. The van der Waals surface area contributed by atoms with Crippen molar-refractivity contribution in [3.8, 4) is 0 Å². The van der Waals surface area contributed by atoms with Gasteiger partial charge in [-0.05, 0) is 55.0 Å². The Morgan fingerprint density at radius 1 is 1.30 bits per heavy atom. The van der Waals surface area contributed by atoms with Crippen molar-refractivity contribution in [3.05, 3.63) is 47.2 Å². The van der Waals surface area contributed by atoms with Crippen molar-refractivity contribution in [2.75, 3.05) is 37.2 Å². The quantitative estimate of drug-likeness (QED) is 0.612. The molecule has 2 aliphatic rings. The van der Waals surface area contributed by atoms with Gasteiger partial charge in [0, 0.05) is 49.3 Å². The van der Waals surface area contributed by atoms with Crippen LogP contribution in [0.5, 0.6) is 0 Å². The summed E-state index contributed by atoms with van der Waals surface area (Å²) in [5.74, 6) is -1.02. The molecule has 3 heterocycles. The zero-order valence-electron chi connectivity index (χ0n) is 17.4. The molecule has 1 aliphatic heterocycles. The van der Waals surface area contributed by atoms with Crippen LogP contribution in [-0.2, 0) is 16.6 Å². The van der Waals surface area contributed by atoms with E-state index in [4.69, 9.17) is 0 Å². The molecule has 1 spiro atoms. The third kappa shape index (κ3) is 4.12. The first-order valence-electron chi connectivity index (χ1n) is 9.93. The average molecular weight is 441 g/mol. The van der Waals surface area contributed by atoms with Gasteiger partial charge in [-0.15, -0.1) is 0 Å². The molecule has 2 aromatic heterocycles. The number of anilines is 2. The van der Waals surface area contributed by atoms with Crippen molar-refractivity contribution in [2.45, 2.75) is 32.2 Å². The fraction of sp³-hybridized carbons (Fsp3) is 0.500. The van der Waals surface area contributed by atoms with E-state index in [1.807, 2.05) is 13.1 Å². The number of aromatic nitrogens is 2. The molecule has 0 unspecified atom stereocenters. The second-order valence-electron chi connectivity index (χ2n) is 8.51. The molecule has 0 amide bonds. The van der Waals surface area contributed by atoms with Crippen LogP contribution in [0.25, 0.3) is 0 Å². The van der Waals surface area contributed by atoms with Crippen molar-refractivity contribution in [2.24, 2.45) is 5.41 Å². The van der Waals surface area contributed by atoms with Gasteiger partial charge in [-0.1, -0.05) is 0 Å². The molecule has 0 atom stereocenters. The van der Waals surface area contributed by atoms with Crippen molar-refractivity contribution in [3.63, 3.8) is 0 Å². The Morgan fingerprint density at radius 2 is 2.03 bits per heavy atom. The fourth-order valence-corrected chi connectivity index (χ4v) is 5.13. The number of hydrogen-bond donors (Lipinski definition) is 3. The molecular weight excluding hydrogens is 407 g/mol. The highest BCUT2D eigenvalue weighted by atomic mass is 32.2. The third-order valence-electron chi connectivity index (χ3n) is 6.10. The highest BCUT2D eigenvalue weighted by molar-refractivity contribution is 7.90. The Hall–Kier alpha value is -2.30. The summed E-state index contributed by atoms with van der Waals surface area (Å²) < 4.78 is 42.3. The molecule has 3 N–H and O–H groups in total. The second-order valence-corrected chi connectivity index (χ2v) is 10.1. The SMILES string of the molecule is CNS(=O)(=O)Nc1nccc(Cc2cncc(NC3CC4(C3)CN(C)C4)c2C)c1F.[HH].[HH].[HH]. The van der Waals surface area contributed by atoms with E-state index >= 15 is 0 Å². The van der Waals surface area contributed by atoms with E-state index in [1.54, 1.807) is 12.3 Å². The van der Waals surface area contributed by atoms with Gasteiger partial charge in [-0.2, -0.15) is 8.42 Å². The van der Waals surface area contributed by atoms with E-state index in [2.05, 4.69) is 36.7 Å². The number of halogens is 1. The van der Waals surface area contributed by atoms with E-state index in [0.29, 0.717) is 17.0 Å². The number of hydrogen-bond acceptors (Lipinski definition) is 6. The predicted molar refractivity (Wildman–Crippen MR) is 120 cm³/mol. The van der Waals surface area contributed by atoms with Crippen LogP contribution in [0.3, 0.4) is 0 Å². The van der Waals surface area contributed by atoms with Gasteiger partial charge in [0.15, 0.2) is 11.6 Å². The normalized spacial score (nSPS) is 18.7. The number of nitrogens with one attached hydrogen (secondary N) is 3. The topological polar surface area (TPSA) is 99.2 Å². The molecular formula is C20H33FN6O2S. The lowest BCUT2D eigenvalue weighted by Crippen LogP contribution is -2.63. The monoisotopic (exact) mass is 440 g/mol. The van der Waals surface area contributed by atoms with Gasteiger partial charge in [-0.25, -0.2) is 14.1 Å². The largest absolute Gasteiger partial charge is 0.381 e. The van der Waals surface area contributed by atoms with E-state index < -0.39 is 16.0 Å². The van der Waals surface area contributed by atoms with Crippen LogP contribution in [0.2, 0.25) is 0 Å². The van der Waals surface area contributed by atoms with Gasteiger partial charge in [0.2, 0.25) is 0 Å². The van der Waals surface area contributed by atoms with Gasteiger partial charge in [0.1, 0.15) is 0 Å². The minimum Gasteiger partial charge on any atom is -0.381 e. The maximum Gasteiger partial charge on any atom is 0.300 e. The molecule has 2 aromatic rings. The van der Waals surface area contributed by atoms with Crippen LogP contribution in [0.4, 0.5) is 15.9 Å². The summed E-state index contributed by atoms with van der Waals surface area (Å²) in [5.41, 5.74) is 3.70. The first-order chi connectivity index (χ1) is 14.2. The van der Waals surface area contributed by atoms with Gasteiger partial charge < -0.3 is 10.2 Å². The Morgan fingerprint density at radius 3 is 2.70 bits per heavy atom. The molecule has 10 heteroatoms. The van der Waals surface area contributed by atoms with Crippen LogP contribution in [0.15, 0.2) is 24.7 Å². The van der Waals surface area contributed by atoms with Crippen molar-refractivity contribution in [1.82, 2.24) is 19.6 Å². The molecule has 1 aliphatic carbocycles. The van der Waals surface area contributed by atoms with Gasteiger partial charge in [0.25, 0.3) is 10.2 Å². The van der Waals surface area contributed by atoms with Gasteiger partial charge in [0.05, 0.1) is 11.9 Å². The van der Waals surface area contributed by atoms with Crippen LogP contribution in [0, 0.1) is 18.2 Å². The number of likely N-dealkylation sites (tertiary alicyclic amines) is 1. The molecule has 0 aromatic carbocycles. The molecule has 2 fully saturated rings. The van der Waals surface area contributed by atoms with Gasteiger partial charge >= 0.3 is 0 Å². The molecule has 8 nitrogen and oxygen atoms in total. The third-order valence-corrected chi connectivity index (χ3v) is 7.10. The minimum atomic E-state index is -3.85. The van der Waals surface area contributed by atoms with E-state index in [0.717, 1.165) is 29.7 Å². The molecule has 168 valence electrons. The standard InChI is InChI=1S/C20H27FN6O2S.3H2/c1-13-15(6-14-4-5-24-19(18(14)21)26-30(28,29)22-2)9-23-10-17(13)25-16-7-20(8-16)11-27(3)12-20;;;/h4-5,9-10,16,22,25H,6-8,11-12H2,1-3H3,(H,24,26);3*1H. The molecule has 30 heavy (non-hydrogen) atoms. The first kappa shape index (κ1) is 21.0.